The molecule has 7 heteroatoms. The minimum Gasteiger partial charge on any atom is -0.493 e. The highest BCUT2D eigenvalue weighted by Gasteiger charge is 2.48. The first-order valence-electron chi connectivity index (χ1n) is 13.8. The van der Waals surface area contributed by atoms with E-state index >= 15 is 0 Å². The average molecular weight is 536 g/mol. The van der Waals surface area contributed by atoms with Gasteiger partial charge in [-0.25, -0.2) is 8.78 Å². The summed E-state index contributed by atoms with van der Waals surface area (Å²) >= 11 is 0. The van der Waals surface area contributed by atoms with E-state index in [0.29, 0.717) is 44.1 Å². The number of rotatable bonds is 9. The fourth-order valence-electron chi connectivity index (χ4n) is 5.79. The van der Waals surface area contributed by atoms with E-state index < -0.39 is 5.60 Å². The minimum absolute atomic E-state index is 0.146. The Balaban J connectivity index is 1.27. The molecule has 3 aromatic carbocycles. The molecule has 1 spiro atoms. The lowest BCUT2D eigenvalue weighted by molar-refractivity contribution is -0.153. The molecule has 2 heterocycles. The van der Waals surface area contributed by atoms with Crippen LogP contribution in [0, 0.1) is 17.6 Å². The van der Waals surface area contributed by atoms with Crippen LogP contribution in [0.4, 0.5) is 8.78 Å². The van der Waals surface area contributed by atoms with Crippen molar-refractivity contribution < 1.29 is 27.8 Å². The standard InChI is InChI=1S/C32H35F2NO4/c1-3-37-28-18-23(19-29(38-4-2)30(28)24-7-11-27(34)12-8-24)21-35-15-13-32(14-16-35)20-25(31(36)39-32)17-22-5-9-26(33)10-6-22/h5-12,18-19,25H,3-4,13-17,20-21H2,1-2H3. The Morgan fingerprint density at radius 3 is 2.00 bits per heavy atom. The fraction of sp³-hybridized carbons (Fsp3) is 0.406. The van der Waals surface area contributed by atoms with Crippen LogP contribution in [0.1, 0.15) is 44.2 Å². The number of nitrogens with zero attached hydrogens (tertiary/aromatic N) is 1. The second kappa shape index (κ2) is 11.7. The zero-order valence-electron chi connectivity index (χ0n) is 22.6. The predicted octanol–water partition coefficient (Wildman–Crippen LogP) is 6.57. The maximum atomic E-state index is 13.6. The number of halogens is 2. The molecule has 1 atom stereocenters. The molecule has 1 unspecified atom stereocenters. The van der Waals surface area contributed by atoms with Crippen molar-refractivity contribution in [3.05, 3.63) is 83.4 Å². The Bertz CT molecular complexity index is 1260. The lowest BCUT2D eigenvalue weighted by atomic mass is 9.83. The monoisotopic (exact) mass is 535 g/mol. The van der Waals surface area contributed by atoms with Crippen molar-refractivity contribution in [3.8, 4) is 22.6 Å². The third kappa shape index (κ3) is 6.25. The maximum Gasteiger partial charge on any atom is 0.309 e. The Morgan fingerprint density at radius 2 is 1.44 bits per heavy atom. The van der Waals surface area contributed by atoms with Crippen LogP contribution in [0.5, 0.6) is 11.5 Å². The topological polar surface area (TPSA) is 48.0 Å². The van der Waals surface area contributed by atoms with E-state index in [2.05, 4.69) is 4.90 Å². The number of likely N-dealkylation sites (tertiary alicyclic amines) is 1. The van der Waals surface area contributed by atoms with Gasteiger partial charge in [0.1, 0.15) is 28.7 Å². The number of carbonyl (C=O) groups excluding carboxylic acids is 1. The van der Waals surface area contributed by atoms with Gasteiger partial charge in [0.15, 0.2) is 0 Å². The lowest BCUT2D eigenvalue weighted by Gasteiger charge is -2.38. The first kappa shape index (κ1) is 27.1. The smallest absolute Gasteiger partial charge is 0.309 e. The third-order valence-electron chi connectivity index (χ3n) is 7.70. The second-order valence-corrected chi connectivity index (χ2v) is 10.5. The molecule has 2 fully saturated rings. The fourth-order valence-corrected chi connectivity index (χ4v) is 5.79. The van der Waals surface area contributed by atoms with Crippen LogP contribution in [0.25, 0.3) is 11.1 Å². The molecule has 0 aliphatic carbocycles. The molecule has 2 aliphatic rings. The number of ether oxygens (including phenoxy) is 3. The molecular formula is C32H35F2NO4. The Kier molecular flexibility index (Phi) is 8.17. The second-order valence-electron chi connectivity index (χ2n) is 10.5. The summed E-state index contributed by atoms with van der Waals surface area (Å²) in [5, 5.41) is 0. The van der Waals surface area contributed by atoms with Crippen LogP contribution in [-0.4, -0.2) is 42.8 Å². The van der Waals surface area contributed by atoms with Crippen LogP contribution in [0.2, 0.25) is 0 Å². The predicted molar refractivity (Wildman–Crippen MR) is 146 cm³/mol. The van der Waals surface area contributed by atoms with Crippen molar-refractivity contribution in [3.63, 3.8) is 0 Å². The van der Waals surface area contributed by atoms with Gasteiger partial charge in [-0.05, 0) is 73.4 Å². The van der Waals surface area contributed by atoms with E-state index in [1.54, 1.807) is 24.3 Å². The SMILES string of the molecule is CCOc1cc(CN2CCC3(CC2)CC(Cc2ccc(F)cc2)C(=O)O3)cc(OCC)c1-c1ccc(F)cc1. The van der Waals surface area contributed by atoms with Crippen LogP contribution < -0.4 is 9.47 Å². The van der Waals surface area contributed by atoms with Gasteiger partial charge in [-0.3, -0.25) is 9.69 Å². The van der Waals surface area contributed by atoms with E-state index in [1.807, 2.05) is 26.0 Å². The molecule has 0 saturated carbocycles. The van der Waals surface area contributed by atoms with Crippen molar-refractivity contribution >= 4 is 5.97 Å². The summed E-state index contributed by atoms with van der Waals surface area (Å²) in [6.45, 7) is 7.22. The van der Waals surface area contributed by atoms with Gasteiger partial charge in [-0.2, -0.15) is 0 Å². The molecule has 0 N–H and O–H groups in total. The minimum atomic E-state index is -0.419. The Morgan fingerprint density at radius 1 is 0.872 bits per heavy atom. The summed E-state index contributed by atoms with van der Waals surface area (Å²) in [5.41, 5.74) is 3.27. The zero-order valence-corrected chi connectivity index (χ0v) is 22.6. The van der Waals surface area contributed by atoms with Crippen LogP contribution >= 0.6 is 0 Å². The molecular weight excluding hydrogens is 500 g/mol. The summed E-state index contributed by atoms with van der Waals surface area (Å²) in [6, 6.07) is 16.8. The van der Waals surface area contributed by atoms with Gasteiger partial charge in [0.25, 0.3) is 0 Å². The number of carbonyl (C=O) groups is 1. The summed E-state index contributed by atoms with van der Waals surface area (Å²) in [7, 11) is 0. The summed E-state index contributed by atoms with van der Waals surface area (Å²) in [5.74, 6) is 0.529. The molecule has 2 saturated heterocycles. The van der Waals surface area contributed by atoms with Gasteiger partial charge in [0.05, 0.1) is 24.7 Å². The van der Waals surface area contributed by atoms with Crippen LogP contribution in [-0.2, 0) is 22.5 Å². The molecule has 2 aliphatic heterocycles. The van der Waals surface area contributed by atoms with Crippen LogP contribution in [0.3, 0.4) is 0 Å². The van der Waals surface area contributed by atoms with E-state index in [1.165, 1.54) is 24.3 Å². The van der Waals surface area contributed by atoms with Gasteiger partial charge in [0.2, 0.25) is 0 Å². The number of esters is 1. The van der Waals surface area contributed by atoms with Gasteiger partial charge < -0.3 is 14.2 Å². The normalized spacial score (nSPS) is 18.8. The van der Waals surface area contributed by atoms with Crippen molar-refractivity contribution in [1.29, 1.82) is 0 Å². The third-order valence-corrected chi connectivity index (χ3v) is 7.70. The van der Waals surface area contributed by atoms with Gasteiger partial charge in [-0.1, -0.05) is 24.3 Å². The van der Waals surface area contributed by atoms with E-state index in [0.717, 1.165) is 48.2 Å². The molecule has 0 aromatic heterocycles. The maximum absolute atomic E-state index is 13.6. The summed E-state index contributed by atoms with van der Waals surface area (Å²) in [4.78, 5) is 15.1. The Labute approximate surface area is 228 Å². The van der Waals surface area contributed by atoms with Crippen molar-refractivity contribution in [2.24, 2.45) is 5.92 Å². The van der Waals surface area contributed by atoms with E-state index in [4.69, 9.17) is 14.2 Å². The summed E-state index contributed by atoms with van der Waals surface area (Å²) in [6.07, 6.45) is 2.84. The highest BCUT2D eigenvalue weighted by Crippen LogP contribution is 2.43. The molecule has 5 nitrogen and oxygen atoms in total. The summed E-state index contributed by atoms with van der Waals surface area (Å²) < 4.78 is 44.9. The number of hydrogen-bond donors (Lipinski definition) is 0. The molecule has 3 aromatic rings. The number of piperidine rings is 1. The molecule has 0 radical (unpaired) electrons. The van der Waals surface area contributed by atoms with E-state index in [-0.39, 0.29) is 23.5 Å². The van der Waals surface area contributed by atoms with Crippen molar-refractivity contribution in [1.82, 2.24) is 4.90 Å². The molecule has 39 heavy (non-hydrogen) atoms. The number of benzene rings is 3. The van der Waals surface area contributed by atoms with Gasteiger partial charge in [0, 0.05) is 38.9 Å². The van der Waals surface area contributed by atoms with Crippen molar-refractivity contribution in [2.75, 3.05) is 26.3 Å². The quantitative estimate of drug-likeness (QED) is 0.290. The highest BCUT2D eigenvalue weighted by atomic mass is 19.1. The first-order chi connectivity index (χ1) is 18.9. The molecule has 206 valence electrons. The Hall–Kier alpha value is -3.45. The average Bonchev–Trinajstić information content (AvgIpc) is 3.22. The van der Waals surface area contributed by atoms with E-state index in [9.17, 15) is 13.6 Å². The number of hydrogen-bond acceptors (Lipinski definition) is 5. The van der Waals surface area contributed by atoms with Crippen LogP contribution in [0.15, 0.2) is 60.7 Å². The highest BCUT2D eigenvalue weighted by molar-refractivity contribution is 5.78. The van der Waals surface area contributed by atoms with Gasteiger partial charge >= 0.3 is 5.97 Å². The zero-order chi connectivity index (χ0) is 27.4. The van der Waals surface area contributed by atoms with Crippen molar-refractivity contribution in [2.45, 2.75) is 51.7 Å². The van der Waals surface area contributed by atoms with Gasteiger partial charge in [-0.15, -0.1) is 0 Å². The lowest BCUT2D eigenvalue weighted by Crippen LogP contribution is -2.44. The first-order valence-corrected chi connectivity index (χ1v) is 13.8. The molecule has 0 bridgehead atoms. The largest absolute Gasteiger partial charge is 0.493 e. The molecule has 5 rings (SSSR count). The molecule has 0 amide bonds.